The maximum absolute atomic E-state index is 5.51. The van der Waals surface area contributed by atoms with Crippen LogP contribution < -0.4 is 14.8 Å². The van der Waals surface area contributed by atoms with E-state index in [9.17, 15) is 0 Å². The van der Waals surface area contributed by atoms with Gasteiger partial charge in [-0.05, 0) is 44.9 Å². The number of aryl methyl sites for hydroxylation is 2. The molecule has 0 saturated heterocycles. The molecule has 2 heterocycles. The molecule has 0 aliphatic carbocycles. The predicted octanol–water partition coefficient (Wildman–Crippen LogP) is 3.58. The fourth-order valence-corrected chi connectivity index (χ4v) is 3.92. The van der Waals surface area contributed by atoms with Crippen LogP contribution in [0.15, 0.2) is 12.1 Å². The van der Waals surface area contributed by atoms with Gasteiger partial charge in [0.05, 0.1) is 25.6 Å². The minimum atomic E-state index is 0.157. The summed E-state index contributed by atoms with van der Waals surface area (Å²) >= 11 is 1.61. The van der Waals surface area contributed by atoms with Gasteiger partial charge in [0.2, 0.25) is 4.96 Å². The van der Waals surface area contributed by atoms with E-state index in [4.69, 9.17) is 9.47 Å². The van der Waals surface area contributed by atoms with Crippen molar-refractivity contribution in [3.8, 4) is 11.5 Å². The number of benzene rings is 1. The Hall–Kier alpha value is -2.12. The van der Waals surface area contributed by atoms with E-state index in [2.05, 4.69) is 35.3 Å². The van der Waals surface area contributed by atoms with Crippen molar-refractivity contribution in [1.29, 1.82) is 0 Å². The average molecular weight is 360 g/mol. The second-order valence-electron chi connectivity index (χ2n) is 6.08. The minimum Gasteiger partial charge on any atom is -0.493 e. The van der Waals surface area contributed by atoms with Crippen LogP contribution in [0.5, 0.6) is 11.5 Å². The van der Waals surface area contributed by atoms with Gasteiger partial charge in [-0.2, -0.15) is 5.10 Å². The summed E-state index contributed by atoms with van der Waals surface area (Å²) in [4.78, 5) is 5.54. The normalized spacial score (nSPS) is 12.6. The molecule has 0 radical (unpaired) electrons. The molecule has 0 saturated carbocycles. The SMILES string of the molecule is COc1ccc(C(C)NCc2c(C)nc3sc(C)nn23)c(C)c1OC. The molecular weight excluding hydrogens is 336 g/mol. The number of rotatable bonds is 6. The maximum atomic E-state index is 5.51. The van der Waals surface area contributed by atoms with Crippen molar-refractivity contribution >= 4 is 16.3 Å². The zero-order valence-electron chi connectivity index (χ0n) is 15.5. The second kappa shape index (κ2) is 7.01. The summed E-state index contributed by atoms with van der Waals surface area (Å²) in [6.07, 6.45) is 0. The smallest absolute Gasteiger partial charge is 0.212 e. The van der Waals surface area contributed by atoms with Crippen LogP contribution in [-0.4, -0.2) is 28.8 Å². The van der Waals surface area contributed by atoms with E-state index in [1.807, 2.05) is 24.4 Å². The van der Waals surface area contributed by atoms with Crippen LogP contribution in [0.3, 0.4) is 0 Å². The number of nitrogens with zero attached hydrogens (tertiary/aromatic N) is 3. The number of methoxy groups -OCH3 is 2. The predicted molar refractivity (Wildman–Crippen MR) is 99.9 cm³/mol. The molecule has 0 fully saturated rings. The number of aromatic nitrogens is 3. The van der Waals surface area contributed by atoms with E-state index in [0.717, 1.165) is 38.4 Å². The molecule has 0 aliphatic heterocycles. The van der Waals surface area contributed by atoms with E-state index in [0.29, 0.717) is 6.54 Å². The Morgan fingerprint density at radius 3 is 2.64 bits per heavy atom. The van der Waals surface area contributed by atoms with Crippen LogP contribution >= 0.6 is 11.3 Å². The van der Waals surface area contributed by atoms with E-state index >= 15 is 0 Å². The standard InChI is InChI=1S/C18H24N4O2S/c1-10-14(7-8-16(23-5)17(10)24-6)11(2)19-9-15-12(3)20-18-22(15)21-13(4)25-18/h7-8,11,19H,9H2,1-6H3. The second-order valence-corrected chi connectivity index (χ2v) is 7.24. The summed E-state index contributed by atoms with van der Waals surface area (Å²) in [5.74, 6) is 1.54. The fraction of sp³-hybridized carbons (Fsp3) is 0.444. The van der Waals surface area contributed by atoms with Gasteiger partial charge in [-0.25, -0.2) is 9.50 Å². The van der Waals surface area contributed by atoms with Crippen molar-refractivity contribution in [1.82, 2.24) is 19.9 Å². The van der Waals surface area contributed by atoms with Gasteiger partial charge in [-0.1, -0.05) is 17.4 Å². The first kappa shape index (κ1) is 17.7. The molecular formula is C18H24N4O2S. The van der Waals surface area contributed by atoms with E-state index in [1.165, 1.54) is 5.56 Å². The lowest BCUT2D eigenvalue weighted by atomic mass is 10.0. The molecule has 3 rings (SSSR count). The van der Waals surface area contributed by atoms with Crippen LogP contribution in [0.4, 0.5) is 0 Å². The number of imidazole rings is 1. The topological polar surface area (TPSA) is 60.7 Å². The molecule has 1 unspecified atom stereocenters. The van der Waals surface area contributed by atoms with E-state index in [1.54, 1.807) is 25.6 Å². The molecule has 25 heavy (non-hydrogen) atoms. The van der Waals surface area contributed by atoms with E-state index < -0.39 is 0 Å². The molecule has 0 spiro atoms. The maximum Gasteiger partial charge on any atom is 0.212 e. The fourth-order valence-electron chi connectivity index (χ4n) is 3.11. The lowest BCUT2D eigenvalue weighted by molar-refractivity contribution is 0.351. The van der Waals surface area contributed by atoms with Crippen LogP contribution in [0, 0.1) is 20.8 Å². The Balaban J connectivity index is 1.82. The first-order chi connectivity index (χ1) is 12.0. The Kier molecular flexibility index (Phi) is 4.96. The summed E-state index contributed by atoms with van der Waals surface area (Å²) in [6.45, 7) is 8.93. The lowest BCUT2D eigenvalue weighted by Crippen LogP contribution is -2.20. The van der Waals surface area contributed by atoms with Gasteiger partial charge in [0.15, 0.2) is 11.5 Å². The third-order valence-corrected chi connectivity index (χ3v) is 5.30. The summed E-state index contributed by atoms with van der Waals surface area (Å²) < 4.78 is 12.8. The summed E-state index contributed by atoms with van der Waals surface area (Å²) in [5.41, 5.74) is 4.39. The number of ether oxygens (including phenoxy) is 2. The monoisotopic (exact) mass is 360 g/mol. The highest BCUT2D eigenvalue weighted by Crippen LogP contribution is 2.35. The molecule has 2 aromatic heterocycles. The highest BCUT2D eigenvalue weighted by molar-refractivity contribution is 7.16. The Bertz CT molecular complexity index is 900. The quantitative estimate of drug-likeness (QED) is 0.728. The van der Waals surface area contributed by atoms with Gasteiger partial charge in [-0.15, -0.1) is 0 Å². The summed E-state index contributed by atoms with van der Waals surface area (Å²) in [5, 5.41) is 9.15. The number of hydrogen-bond acceptors (Lipinski definition) is 6. The molecule has 1 N–H and O–H groups in total. The van der Waals surface area contributed by atoms with Gasteiger partial charge < -0.3 is 14.8 Å². The molecule has 1 atom stereocenters. The minimum absolute atomic E-state index is 0.157. The zero-order chi connectivity index (χ0) is 18.1. The van der Waals surface area contributed by atoms with Gasteiger partial charge in [0.1, 0.15) is 5.01 Å². The first-order valence-corrected chi connectivity index (χ1v) is 9.04. The van der Waals surface area contributed by atoms with Crippen molar-refractivity contribution in [2.45, 2.75) is 40.3 Å². The molecule has 6 nitrogen and oxygen atoms in total. The molecule has 0 aliphatic rings. The molecule has 3 aromatic rings. The zero-order valence-corrected chi connectivity index (χ0v) is 16.3. The largest absolute Gasteiger partial charge is 0.493 e. The van der Waals surface area contributed by atoms with Gasteiger partial charge in [-0.3, -0.25) is 0 Å². The number of nitrogens with one attached hydrogen (secondary N) is 1. The van der Waals surface area contributed by atoms with Crippen molar-refractivity contribution in [2.24, 2.45) is 0 Å². The van der Waals surface area contributed by atoms with Gasteiger partial charge in [0, 0.05) is 12.6 Å². The Labute approximate surface area is 151 Å². The van der Waals surface area contributed by atoms with Gasteiger partial charge >= 0.3 is 0 Å². The third-order valence-electron chi connectivity index (χ3n) is 4.48. The molecule has 7 heteroatoms. The Morgan fingerprint density at radius 2 is 1.96 bits per heavy atom. The molecule has 134 valence electrons. The van der Waals surface area contributed by atoms with Crippen molar-refractivity contribution in [2.75, 3.05) is 14.2 Å². The summed E-state index contributed by atoms with van der Waals surface area (Å²) in [6, 6.07) is 4.19. The highest BCUT2D eigenvalue weighted by atomic mass is 32.1. The van der Waals surface area contributed by atoms with Crippen molar-refractivity contribution in [3.63, 3.8) is 0 Å². The van der Waals surface area contributed by atoms with Crippen LogP contribution in [0.2, 0.25) is 0 Å². The Morgan fingerprint density at radius 1 is 1.20 bits per heavy atom. The molecule has 0 bridgehead atoms. The number of fused-ring (bicyclic) bond motifs is 1. The van der Waals surface area contributed by atoms with Crippen molar-refractivity contribution in [3.05, 3.63) is 39.7 Å². The van der Waals surface area contributed by atoms with Crippen LogP contribution in [0.1, 0.15) is 40.5 Å². The van der Waals surface area contributed by atoms with Gasteiger partial charge in [0.25, 0.3) is 0 Å². The number of hydrogen-bond donors (Lipinski definition) is 1. The van der Waals surface area contributed by atoms with Crippen molar-refractivity contribution < 1.29 is 9.47 Å². The van der Waals surface area contributed by atoms with E-state index in [-0.39, 0.29) is 6.04 Å². The van der Waals surface area contributed by atoms with Crippen LogP contribution in [0.25, 0.3) is 4.96 Å². The average Bonchev–Trinajstić information content (AvgIpc) is 3.07. The van der Waals surface area contributed by atoms with Crippen LogP contribution in [-0.2, 0) is 6.54 Å². The first-order valence-electron chi connectivity index (χ1n) is 8.22. The summed E-state index contributed by atoms with van der Waals surface area (Å²) in [7, 11) is 3.33. The lowest BCUT2D eigenvalue weighted by Gasteiger charge is -2.20. The third kappa shape index (κ3) is 3.21. The molecule has 0 amide bonds. The highest BCUT2D eigenvalue weighted by Gasteiger charge is 2.17. The molecule has 1 aromatic carbocycles.